The van der Waals surface area contributed by atoms with E-state index in [4.69, 9.17) is 8.85 Å². The standard InChI is InChI=1S/C9H18N2O4Si/c1-14-16(3,15-2)6-4-5-7-8(12)11-9(13)10-7/h7H,4-6H2,1-3H3,(H2,10,11,12,13). The van der Waals surface area contributed by atoms with Crippen molar-refractivity contribution in [2.75, 3.05) is 14.2 Å². The smallest absolute Gasteiger partial charge is 0.334 e. The van der Waals surface area contributed by atoms with Crippen LogP contribution in [0.25, 0.3) is 0 Å². The van der Waals surface area contributed by atoms with Gasteiger partial charge in [-0.1, -0.05) is 0 Å². The van der Waals surface area contributed by atoms with Gasteiger partial charge in [0.25, 0.3) is 5.91 Å². The van der Waals surface area contributed by atoms with E-state index in [1.54, 1.807) is 14.2 Å². The highest BCUT2D eigenvalue weighted by Gasteiger charge is 2.32. The van der Waals surface area contributed by atoms with Crippen molar-refractivity contribution < 1.29 is 18.4 Å². The first-order valence-electron chi connectivity index (χ1n) is 5.22. The van der Waals surface area contributed by atoms with Crippen molar-refractivity contribution in [3.05, 3.63) is 0 Å². The molecule has 1 atom stereocenters. The lowest BCUT2D eigenvalue weighted by Gasteiger charge is -2.22. The molecule has 1 rings (SSSR count). The number of urea groups is 1. The number of nitrogens with one attached hydrogen (secondary N) is 2. The molecule has 1 heterocycles. The zero-order valence-electron chi connectivity index (χ0n) is 9.83. The molecule has 0 radical (unpaired) electrons. The highest BCUT2D eigenvalue weighted by molar-refractivity contribution is 6.65. The third kappa shape index (κ3) is 3.29. The predicted molar refractivity (Wildman–Crippen MR) is 60.1 cm³/mol. The first-order valence-corrected chi connectivity index (χ1v) is 7.75. The van der Waals surface area contributed by atoms with Crippen molar-refractivity contribution >= 4 is 20.5 Å². The minimum Gasteiger partial charge on any atom is -0.398 e. The van der Waals surface area contributed by atoms with Crippen LogP contribution in [0.15, 0.2) is 0 Å². The molecule has 1 aliphatic rings. The lowest BCUT2D eigenvalue weighted by molar-refractivity contribution is -0.120. The van der Waals surface area contributed by atoms with E-state index in [0.717, 1.165) is 12.5 Å². The second-order valence-corrected chi connectivity index (χ2v) is 7.53. The van der Waals surface area contributed by atoms with E-state index in [1.807, 2.05) is 6.55 Å². The molecule has 6 nitrogen and oxygen atoms in total. The number of imide groups is 1. The fourth-order valence-corrected chi connectivity index (χ4v) is 3.00. The number of rotatable bonds is 6. The highest BCUT2D eigenvalue weighted by Crippen LogP contribution is 2.16. The Balaban J connectivity index is 2.30. The summed E-state index contributed by atoms with van der Waals surface area (Å²) in [6.45, 7) is 1.97. The molecule has 0 aliphatic carbocycles. The van der Waals surface area contributed by atoms with Crippen molar-refractivity contribution in [3.8, 4) is 0 Å². The average molecular weight is 246 g/mol. The van der Waals surface area contributed by atoms with Crippen LogP contribution in [-0.4, -0.2) is 40.8 Å². The van der Waals surface area contributed by atoms with Gasteiger partial charge in [-0.3, -0.25) is 10.1 Å². The third-order valence-electron chi connectivity index (χ3n) is 2.85. The molecule has 0 bridgehead atoms. The van der Waals surface area contributed by atoms with E-state index >= 15 is 0 Å². The molecule has 1 aliphatic heterocycles. The summed E-state index contributed by atoms with van der Waals surface area (Å²) in [5.41, 5.74) is 0. The molecule has 0 aromatic carbocycles. The zero-order valence-corrected chi connectivity index (χ0v) is 10.8. The van der Waals surface area contributed by atoms with Gasteiger partial charge < -0.3 is 14.2 Å². The monoisotopic (exact) mass is 246 g/mol. The molecule has 1 fully saturated rings. The quantitative estimate of drug-likeness (QED) is 0.523. The van der Waals surface area contributed by atoms with E-state index in [0.29, 0.717) is 6.42 Å². The number of amides is 3. The highest BCUT2D eigenvalue weighted by atomic mass is 28.4. The van der Waals surface area contributed by atoms with Gasteiger partial charge in [0.05, 0.1) is 0 Å². The summed E-state index contributed by atoms with van der Waals surface area (Å²) in [7, 11) is 1.22. The number of carbonyl (C=O) groups is 2. The van der Waals surface area contributed by atoms with Gasteiger partial charge in [-0.25, -0.2) is 4.79 Å². The van der Waals surface area contributed by atoms with E-state index in [2.05, 4.69) is 10.6 Å². The van der Waals surface area contributed by atoms with Gasteiger partial charge >= 0.3 is 14.6 Å². The van der Waals surface area contributed by atoms with Crippen LogP contribution in [0, 0.1) is 0 Å². The Morgan fingerprint density at radius 3 is 2.38 bits per heavy atom. The van der Waals surface area contributed by atoms with E-state index < -0.39 is 20.6 Å². The largest absolute Gasteiger partial charge is 0.398 e. The van der Waals surface area contributed by atoms with Crippen molar-refractivity contribution in [2.24, 2.45) is 0 Å². The molecule has 92 valence electrons. The first-order chi connectivity index (χ1) is 7.50. The average Bonchev–Trinajstić information content (AvgIpc) is 2.57. The lowest BCUT2D eigenvalue weighted by atomic mass is 10.2. The molecule has 7 heteroatoms. The molecule has 3 amide bonds. The molecule has 0 aromatic rings. The number of carbonyl (C=O) groups excluding carboxylic acids is 2. The molecular formula is C9H18N2O4Si. The Bertz CT molecular complexity index is 281. The summed E-state index contributed by atoms with van der Waals surface area (Å²) in [6, 6.07) is -0.00687. The summed E-state index contributed by atoms with van der Waals surface area (Å²) >= 11 is 0. The zero-order chi connectivity index (χ0) is 12.2. The summed E-state index contributed by atoms with van der Waals surface area (Å²) in [4.78, 5) is 22.1. The van der Waals surface area contributed by atoms with Crippen molar-refractivity contribution in [2.45, 2.75) is 31.5 Å². The summed E-state index contributed by atoms with van der Waals surface area (Å²) < 4.78 is 10.7. The van der Waals surface area contributed by atoms with Gasteiger partial charge in [0.2, 0.25) is 0 Å². The van der Waals surface area contributed by atoms with Crippen LogP contribution in [0.1, 0.15) is 12.8 Å². The lowest BCUT2D eigenvalue weighted by Crippen LogP contribution is -2.37. The Labute approximate surface area is 95.9 Å². The molecule has 0 aromatic heterocycles. The van der Waals surface area contributed by atoms with Crippen LogP contribution in [-0.2, 0) is 13.6 Å². The topological polar surface area (TPSA) is 76.7 Å². The van der Waals surface area contributed by atoms with Gasteiger partial charge in [0, 0.05) is 14.2 Å². The van der Waals surface area contributed by atoms with Crippen molar-refractivity contribution in [1.82, 2.24) is 10.6 Å². The fraction of sp³-hybridized carbons (Fsp3) is 0.778. The molecule has 0 spiro atoms. The molecule has 1 saturated heterocycles. The van der Waals surface area contributed by atoms with Crippen molar-refractivity contribution in [3.63, 3.8) is 0 Å². The summed E-state index contributed by atoms with van der Waals surface area (Å²) in [5.74, 6) is -0.247. The van der Waals surface area contributed by atoms with Crippen LogP contribution in [0.4, 0.5) is 4.79 Å². The first kappa shape index (κ1) is 13.1. The second-order valence-electron chi connectivity index (χ2n) is 3.95. The Morgan fingerprint density at radius 1 is 1.31 bits per heavy atom. The molecule has 2 N–H and O–H groups in total. The minimum atomic E-state index is -2.05. The third-order valence-corrected chi connectivity index (χ3v) is 5.83. The predicted octanol–water partition coefficient (Wildman–Crippen LogP) is 0.339. The van der Waals surface area contributed by atoms with Crippen LogP contribution in [0.2, 0.25) is 12.6 Å². The van der Waals surface area contributed by atoms with E-state index in [1.165, 1.54) is 0 Å². The van der Waals surface area contributed by atoms with Crippen LogP contribution >= 0.6 is 0 Å². The van der Waals surface area contributed by atoms with Gasteiger partial charge in [-0.2, -0.15) is 0 Å². The molecule has 16 heavy (non-hydrogen) atoms. The number of hydrogen-bond donors (Lipinski definition) is 2. The van der Waals surface area contributed by atoms with Crippen LogP contribution < -0.4 is 10.6 Å². The summed E-state index contributed by atoms with van der Waals surface area (Å²) in [6.07, 6.45) is 1.41. The van der Waals surface area contributed by atoms with Gasteiger partial charge in [0.1, 0.15) is 6.04 Å². The van der Waals surface area contributed by atoms with Crippen LogP contribution in [0.5, 0.6) is 0 Å². The minimum absolute atomic E-state index is 0.247. The normalized spacial score (nSPS) is 20.8. The van der Waals surface area contributed by atoms with Crippen LogP contribution in [0.3, 0.4) is 0 Å². The maximum Gasteiger partial charge on any atom is 0.334 e. The van der Waals surface area contributed by atoms with E-state index in [-0.39, 0.29) is 5.91 Å². The van der Waals surface area contributed by atoms with Crippen molar-refractivity contribution in [1.29, 1.82) is 0 Å². The molecular weight excluding hydrogens is 228 g/mol. The maximum absolute atomic E-state index is 11.2. The SMILES string of the molecule is CO[Si](C)(CCCC1NC(=O)NC1=O)OC. The molecule has 0 saturated carbocycles. The maximum atomic E-state index is 11.2. The van der Waals surface area contributed by atoms with Gasteiger partial charge in [-0.15, -0.1) is 0 Å². The van der Waals surface area contributed by atoms with Gasteiger partial charge in [0.15, 0.2) is 0 Å². The number of hydrogen-bond acceptors (Lipinski definition) is 4. The Kier molecular flexibility index (Phi) is 4.45. The fourth-order valence-electron chi connectivity index (χ4n) is 1.58. The van der Waals surface area contributed by atoms with E-state index in [9.17, 15) is 9.59 Å². The Morgan fingerprint density at radius 2 is 1.94 bits per heavy atom. The second kappa shape index (κ2) is 5.42. The summed E-state index contributed by atoms with van der Waals surface area (Å²) in [5, 5.41) is 4.76. The Hall–Kier alpha value is -0.923. The molecule has 1 unspecified atom stereocenters. The van der Waals surface area contributed by atoms with Gasteiger partial charge in [-0.05, 0) is 25.4 Å².